The molecule has 1 N–H and O–H groups in total. The largest absolute Gasteiger partial charge is 0.481 e. The molecular formula is C30H46O4. The lowest BCUT2D eigenvalue weighted by molar-refractivity contribution is -0.255. The van der Waals surface area contributed by atoms with Crippen LogP contribution in [0.1, 0.15) is 112 Å². The van der Waals surface area contributed by atoms with Crippen LogP contribution in [0.15, 0.2) is 0 Å². The van der Waals surface area contributed by atoms with Gasteiger partial charge in [0, 0.05) is 17.8 Å². The second kappa shape index (κ2) is 7.19. The molecule has 0 aromatic carbocycles. The van der Waals surface area contributed by atoms with Crippen molar-refractivity contribution in [3.63, 3.8) is 0 Å². The van der Waals surface area contributed by atoms with Crippen LogP contribution in [-0.4, -0.2) is 23.1 Å². The highest BCUT2D eigenvalue weighted by Gasteiger charge is 2.72. The average Bonchev–Trinajstić information content (AvgIpc) is 2.79. The van der Waals surface area contributed by atoms with E-state index in [0.717, 1.165) is 51.4 Å². The van der Waals surface area contributed by atoms with Crippen LogP contribution in [0.25, 0.3) is 0 Å². The van der Waals surface area contributed by atoms with Gasteiger partial charge in [0.2, 0.25) is 0 Å². The fourth-order valence-corrected chi connectivity index (χ4v) is 11.1. The molecule has 5 fully saturated rings. The molecule has 0 aliphatic heterocycles. The molecule has 0 bridgehead atoms. The predicted molar refractivity (Wildman–Crippen MR) is 132 cm³/mol. The summed E-state index contributed by atoms with van der Waals surface area (Å²) >= 11 is 0. The molecule has 34 heavy (non-hydrogen) atoms. The molecule has 5 aliphatic carbocycles. The standard InChI is InChI=1S/C30H46O4/c1-19-20(32)7-8-22-27(4)14-16-29(6)23-17-26(3,24(33)34)12-11-25(23,2)13-15-28(29,5)21(27)9-10-30(19,22)18-31/h18-19,21-23H,7-17H2,1-6H3,(H,33,34). The zero-order valence-corrected chi connectivity index (χ0v) is 22.3. The van der Waals surface area contributed by atoms with Crippen molar-refractivity contribution in [1.29, 1.82) is 0 Å². The Morgan fingerprint density at radius 2 is 1.47 bits per heavy atom. The van der Waals surface area contributed by atoms with Crippen molar-refractivity contribution in [2.24, 2.45) is 56.2 Å². The highest BCUT2D eigenvalue weighted by Crippen LogP contribution is 2.78. The summed E-state index contributed by atoms with van der Waals surface area (Å²) in [4.78, 5) is 37.7. The van der Waals surface area contributed by atoms with Crippen LogP contribution in [-0.2, 0) is 14.4 Å². The van der Waals surface area contributed by atoms with Crippen molar-refractivity contribution in [3.05, 3.63) is 0 Å². The summed E-state index contributed by atoms with van der Waals surface area (Å²) in [6, 6.07) is 0. The van der Waals surface area contributed by atoms with E-state index in [9.17, 15) is 19.5 Å². The van der Waals surface area contributed by atoms with Gasteiger partial charge in [0.05, 0.1) is 5.41 Å². The van der Waals surface area contributed by atoms with Crippen molar-refractivity contribution in [2.45, 2.75) is 112 Å². The maximum absolute atomic E-state index is 12.7. The van der Waals surface area contributed by atoms with Gasteiger partial charge in [-0.3, -0.25) is 9.59 Å². The first-order valence-corrected chi connectivity index (χ1v) is 13.9. The number of carboxylic acids is 1. The number of ketones is 1. The number of aliphatic carboxylic acids is 1. The summed E-state index contributed by atoms with van der Waals surface area (Å²) in [5.41, 5.74) is -0.560. The van der Waals surface area contributed by atoms with E-state index in [2.05, 4.69) is 27.7 Å². The van der Waals surface area contributed by atoms with E-state index in [1.807, 2.05) is 13.8 Å². The van der Waals surface area contributed by atoms with Crippen LogP contribution in [0.3, 0.4) is 0 Å². The third-order valence-electron chi connectivity index (χ3n) is 13.8. The van der Waals surface area contributed by atoms with Crippen molar-refractivity contribution < 1.29 is 19.5 Å². The van der Waals surface area contributed by atoms with Gasteiger partial charge in [-0.05, 0) is 111 Å². The second-order valence-electron chi connectivity index (χ2n) is 14.7. The minimum absolute atomic E-state index is 0.0703. The van der Waals surface area contributed by atoms with E-state index in [1.54, 1.807) is 0 Å². The Kier molecular flexibility index (Phi) is 5.18. The van der Waals surface area contributed by atoms with E-state index >= 15 is 0 Å². The molecular weight excluding hydrogens is 424 g/mol. The van der Waals surface area contributed by atoms with E-state index in [4.69, 9.17) is 0 Å². The number of hydrogen-bond donors (Lipinski definition) is 1. The molecule has 0 saturated heterocycles. The molecule has 0 spiro atoms. The fraction of sp³-hybridized carbons (Fsp3) is 0.900. The summed E-state index contributed by atoms with van der Waals surface area (Å²) in [7, 11) is 0. The lowest BCUT2D eigenvalue weighted by Gasteiger charge is -2.74. The Bertz CT molecular complexity index is 927. The van der Waals surface area contributed by atoms with Gasteiger partial charge in [0.15, 0.2) is 0 Å². The van der Waals surface area contributed by atoms with Crippen molar-refractivity contribution in [1.82, 2.24) is 0 Å². The Morgan fingerprint density at radius 1 is 0.853 bits per heavy atom. The molecule has 10 unspecified atom stereocenters. The first-order chi connectivity index (χ1) is 15.7. The molecule has 5 saturated carbocycles. The quantitative estimate of drug-likeness (QED) is 0.456. The number of hydrogen-bond acceptors (Lipinski definition) is 3. The maximum atomic E-state index is 12.7. The summed E-state index contributed by atoms with van der Waals surface area (Å²) in [5.74, 6) is 0.727. The van der Waals surface area contributed by atoms with Crippen molar-refractivity contribution >= 4 is 18.0 Å². The number of Topliss-reactive ketones (excluding diaryl/α,β-unsaturated/α-hetero) is 1. The van der Waals surface area contributed by atoms with E-state index < -0.39 is 16.8 Å². The molecule has 5 aliphatic rings. The van der Waals surface area contributed by atoms with Crippen LogP contribution in [0.2, 0.25) is 0 Å². The van der Waals surface area contributed by atoms with Gasteiger partial charge in [-0.1, -0.05) is 34.6 Å². The third kappa shape index (κ3) is 2.75. The molecule has 4 heteroatoms. The Hall–Kier alpha value is -1.19. The molecule has 0 heterocycles. The number of aldehydes is 1. The first-order valence-electron chi connectivity index (χ1n) is 13.9. The van der Waals surface area contributed by atoms with E-state index in [-0.39, 0.29) is 39.3 Å². The van der Waals surface area contributed by atoms with Gasteiger partial charge in [0.25, 0.3) is 0 Å². The molecule has 0 aromatic heterocycles. The summed E-state index contributed by atoms with van der Waals surface area (Å²) in [6.07, 6.45) is 11.7. The third-order valence-corrected chi connectivity index (χ3v) is 13.8. The van der Waals surface area contributed by atoms with E-state index in [0.29, 0.717) is 18.3 Å². The lowest BCUT2D eigenvalue weighted by atomic mass is 9.30. The van der Waals surface area contributed by atoms with Gasteiger partial charge < -0.3 is 9.90 Å². The minimum Gasteiger partial charge on any atom is -0.481 e. The van der Waals surface area contributed by atoms with Crippen LogP contribution < -0.4 is 0 Å². The van der Waals surface area contributed by atoms with Crippen LogP contribution in [0.4, 0.5) is 0 Å². The fourth-order valence-electron chi connectivity index (χ4n) is 11.1. The topological polar surface area (TPSA) is 71.4 Å². The zero-order chi connectivity index (χ0) is 24.9. The molecule has 10 atom stereocenters. The number of carboxylic acid groups (broad SMARTS) is 1. The zero-order valence-electron chi connectivity index (χ0n) is 22.3. The minimum atomic E-state index is -0.625. The monoisotopic (exact) mass is 470 g/mol. The predicted octanol–water partition coefficient (Wildman–Crippen LogP) is 6.70. The summed E-state index contributed by atoms with van der Waals surface area (Å²) < 4.78 is 0. The Labute approximate surface area is 206 Å². The van der Waals surface area contributed by atoms with Crippen LogP contribution in [0.5, 0.6) is 0 Å². The van der Waals surface area contributed by atoms with Gasteiger partial charge in [-0.2, -0.15) is 0 Å². The number of rotatable bonds is 2. The lowest BCUT2D eigenvalue weighted by Crippen LogP contribution is -2.68. The molecule has 4 nitrogen and oxygen atoms in total. The SMILES string of the molecule is CC1C(=O)CCC2C3(C)CCC4(C)C5CC(C)(C(=O)O)CCC5(C)CCC4(C)C3CCC12C=O. The van der Waals surface area contributed by atoms with Gasteiger partial charge in [-0.15, -0.1) is 0 Å². The van der Waals surface area contributed by atoms with Crippen LogP contribution >= 0.6 is 0 Å². The van der Waals surface area contributed by atoms with Gasteiger partial charge in [0.1, 0.15) is 12.1 Å². The molecule has 0 amide bonds. The first kappa shape index (κ1) is 24.5. The normalized spacial score (nSPS) is 56.9. The number of carbonyl (C=O) groups excluding carboxylic acids is 2. The van der Waals surface area contributed by atoms with Gasteiger partial charge in [-0.25, -0.2) is 0 Å². The number of fused-ring (bicyclic) bond motifs is 7. The summed E-state index contributed by atoms with van der Waals surface area (Å²) in [6.45, 7) is 14.0. The maximum Gasteiger partial charge on any atom is 0.309 e. The van der Waals surface area contributed by atoms with Crippen LogP contribution in [0, 0.1) is 56.2 Å². The molecule has 0 radical (unpaired) electrons. The molecule has 0 aromatic rings. The highest BCUT2D eigenvalue weighted by atomic mass is 16.4. The second-order valence-corrected chi connectivity index (χ2v) is 14.7. The summed E-state index contributed by atoms with van der Waals surface area (Å²) in [5, 5.41) is 10.1. The molecule has 5 rings (SSSR count). The van der Waals surface area contributed by atoms with Crippen molar-refractivity contribution in [3.8, 4) is 0 Å². The Morgan fingerprint density at radius 3 is 2.12 bits per heavy atom. The molecule has 190 valence electrons. The van der Waals surface area contributed by atoms with Crippen molar-refractivity contribution in [2.75, 3.05) is 0 Å². The number of carbonyl (C=O) groups is 3. The smallest absolute Gasteiger partial charge is 0.309 e. The van der Waals surface area contributed by atoms with E-state index in [1.165, 1.54) is 19.1 Å². The Balaban J connectivity index is 1.56. The highest BCUT2D eigenvalue weighted by molar-refractivity contribution is 5.86. The average molecular weight is 471 g/mol. The van der Waals surface area contributed by atoms with Gasteiger partial charge >= 0.3 is 5.97 Å².